The molecule has 35 heavy (non-hydrogen) atoms. The van der Waals surface area contributed by atoms with Crippen molar-refractivity contribution in [3.63, 3.8) is 0 Å². The lowest BCUT2D eigenvalue weighted by molar-refractivity contribution is 0.102. The van der Waals surface area contributed by atoms with E-state index in [4.69, 9.17) is 10.5 Å². The van der Waals surface area contributed by atoms with Gasteiger partial charge in [-0.2, -0.15) is 0 Å². The van der Waals surface area contributed by atoms with Gasteiger partial charge in [0.2, 0.25) is 0 Å². The second kappa shape index (κ2) is 9.30. The molecule has 3 heterocycles. The zero-order valence-corrected chi connectivity index (χ0v) is 19.2. The van der Waals surface area contributed by atoms with E-state index in [1.807, 2.05) is 6.07 Å². The fourth-order valence-corrected chi connectivity index (χ4v) is 5.18. The SMILES string of the molecule is C[C@@H]1C[C@H](N)C[C@H](c2ccncc2NC(=O)c2ccc(F)c(-c3c(F)cc4c(c3F)OCC4)n2)C1. The smallest absolute Gasteiger partial charge is 0.274 e. The number of rotatable bonds is 4. The van der Waals surface area contributed by atoms with Gasteiger partial charge in [0.15, 0.2) is 11.6 Å². The predicted octanol–water partition coefficient (Wildman–Crippen LogP) is 4.98. The molecule has 2 aromatic heterocycles. The first-order valence-corrected chi connectivity index (χ1v) is 11.6. The summed E-state index contributed by atoms with van der Waals surface area (Å²) in [6.07, 6.45) is 6.23. The average molecular weight is 483 g/mol. The van der Waals surface area contributed by atoms with E-state index < -0.39 is 34.6 Å². The molecular formula is C26H25F3N4O2. The van der Waals surface area contributed by atoms with Crippen molar-refractivity contribution in [2.75, 3.05) is 11.9 Å². The number of carbonyl (C=O) groups is 1. The van der Waals surface area contributed by atoms with Gasteiger partial charge >= 0.3 is 0 Å². The van der Waals surface area contributed by atoms with Gasteiger partial charge < -0.3 is 15.8 Å². The molecule has 3 N–H and O–H groups in total. The quantitative estimate of drug-likeness (QED) is 0.548. The van der Waals surface area contributed by atoms with Crippen LogP contribution in [0.3, 0.4) is 0 Å². The van der Waals surface area contributed by atoms with Gasteiger partial charge in [-0.05, 0) is 60.9 Å². The lowest BCUT2D eigenvalue weighted by atomic mass is 9.76. The van der Waals surface area contributed by atoms with E-state index in [-0.39, 0.29) is 30.0 Å². The monoisotopic (exact) mass is 482 g/mol. The highest BCUT2D eigenvalue weighted by Gasteiger charge is 2.29. The number of aromatic nitrogens is 2. The van der Waals surface area contributed by atoms with Gasteiger partial charge in [-0.25, -0.2) is 18.2 Å². The molecule has 3 atom stereocenters. The normalized spacial score (nSPS) is 21.3. The van der Waals surface area contributed by atoms with Crippen LogP contribution in [0.1, 0.15) is 53.7 Å². The van der Waals surface area contributed by atoms with Gasteiger partial charge in [0.05, 0.1) is 24.1 Å². The van der Waals surface area contributed by atoms with Gasteiger partial charge in [0.1, 0.15) is 23.0 Å². The van der Waals surface area contributed by atoms with Crippen molar-refractivity contribution in [1.29, 1.82) is 0 Å². The molecule has 182 valence electrons. The minimum atomic E-state index is -1.03. The Morgan fingerprint density at radius 1 is 1.14 bits per heavy atom. The molecule has 2 aliphatic rings. The number of ether oxygens (including phenoxy) is 1. The van der Waals surface area contributed by atoms with Crippen molar-refractivity contribution in [1.82, 2.24) is 9.97 Å². The molecule has 0 saturated heterocycles. The zero-order chi connectivity index (χ0) is 24.7. The summed E-state index contributed by atoms with van der Waals surface area (Å²) in [5.41, 5.74) is 6.56. The molecule has 0 bridgehead atoms. The first-order chi connectivity index (χ1) is 16.8. The summed E-state index contributed by atoms with van der Waals surface area (Å²) < 4.78 is 49.7. The lowest BCUT2D eigenvalue weighted by Crippen LogP contribution is -2.31. The van der Waals surface area contributed by atoms with Gasteiger partial charge in [-0.3, -0.25) is 9.78 Å². The van der Waals surface area contributed by atoms with Crippen LogP contribution in [0.4, 0.5) is 18.9 Å². The van der Waals surface area contributed by atoms with Crippen molar-refractivity contribution in [2.45, 2.75) is 44.6 Å². The van der Waals surface area contributed by atoms with E-state index in [0.717, 1.165) is 37.0 Å². The Hall–Kier alpha value is -3.46. The van der Waals surface area contributed by atoms with Crippen LogP contribution in [0.25, 0.3) is 11.3 Å². The molecule has 3 aromatic rings. The minimum absolute atomic E-state index is 0.0721. The van der Waals surface area contributed by atoms with Crippen LogP contribution in [0.2, 0.25) is 0 Å². The Bertz CT molecular complexity index is 1290. The van der Waals surface area contributed by atoms with Crippen LogP contribution in [-0.2, 0) is 6.42 Å². The van der Waals surface area contributed by atoms with Crippen LogP contribution in [0.5, 0.6) is 5.75 Å². The average Bonchev–Trinajstić information content (AvgIpc) is 3.28. The first kappa shape index (κ1) is 23.3. The topological polar surface area (TPSA) is 90.1 Å². The number of hydrogen-bond donors (Lipinski definition) is 2. The van der Waals surface area contributed by atoms with Crippen LogP contribution < -0.4 is 15.8 Å². The number of nitrogens with zero attached hydrogens (tertiary/aromatic N) is 2. The summed E-state index contributed by atoms with van der Waals surface area (Å²) in [6, 6.07) is 5.18. The molecule has 1 aliphatic heterocycles. The largest absolute Gasteiger partial charge is 0.490 e. The Morgan fingerprint density at radius 2 is 1.97 bits per heavy atom. The third-order valence-electron chi connectivity index (χ3n) is 6.71. The van der Waals surface area contributed by atoms with Crippen LogP contribution in [-0.4, -0.2) is 28.5 Å². The number of nitrogens with two attached hydrogens (primary N) is 1. The first-order valence-electron chi connectivity index (χ1n) is 11.6. The highest BCUT2D eigenvalue weighted by molar-refractivity contribution is 6.03. The molecule has 1 aliphatic carbocycles. The number of anilines is 1. The van der Waals surface area contributed by atoms with Crippen molar-refractivity contribution >= 4 is 11.6 Å². The molecule has 6 nitrogen and oxygen atoms in total. The summed E-state index contributed by atoms with van der Waals surface area (Å²) in [4.78, 5) is 21.2. The molecular weight excluding hydrogens is 457 g/mol. The third kappa shape index (κ3) is 4.48. The summed E-state index contributed by atoms with van der Waals surface area (Å²) in [6.45, 7) is 2.36. The van der Waals surface area contributed by atoms with E-state index in [1.165, 1.54) is 6.07 Å². The third-order valence-corrected chi connectivity index (χ3v) is 6.71. The Labute approximate surface area is 200 Å². The van der Waals surface area contributed by atoms with E-state index in [1.54, 1.807) is 12.4 Å². The van der Waals surface area contributed by atoms with Crippen LogP contribution >= 0.6 is 0 Å². The predicted molar refractivity (Wildman–Crippen MR) is 125 cm³/mol. The number of pyridine rings is 2. The highest BCUT2D eigenvalue weighted by atomic mass is 19.1. The number of carbonyl (C=O) groups excluding carboxylic acids is 1. The van der Waals surface area contributed by atoms with Crippen molar-refractivity contribution < 1.29 is 22.7 Å². The van der Waals surface area contributed by atoms with E-state index >= 15 is 4.39 Å². The van der Waals surface area contributed by atoms with E-state index in [2.05, 4.69) is 22.2 Å². The van der Waals surface area contributed by atoms with Crippen LogP contribution in [0.15, 0.2) is 36.7 Å². The van der Waals surface area contributed by atoms with E-state index in [9.17, 15) is 13.6 Å². The molecule has 0 spiro atoms. The lowest BCUT2D eigenvalue weighted by Gasteiger charge is -2.32. The molecule has 0 unspecified atom stereocenters. The number of halogens is 3. The van der Waals surface area contributed by atoms with Gasteiger partial charge in [-0.15, -0.1) is 0 Å². The number of nitrogens with one attached hydrogen (secondary N) is 1. The van der Waals surface area contributed by atoms with Crippen molar-refractivity contribution in [3.05, 3.63) is 70.9 Å². The maximum atomic E-state index is 15.0. The summed E-state index contributed by atoms with van der Waals surface area (Å²) in [5, 5.41) is 2.78. The standard InChI is InChI=1S/C26H25F3N4O2/c1-13-8-15(10-16(30)9-13)17-4-6-31-12-21(17)33-26(34)20-3-2-18(27)24(32-20)22-19(28)11-14-5-7-35-25(14)23(22)29/h2-4,6,11-13,15-16H,5,7-10,30H2,1H3,(H,33,34)/t13-,15+,16-/m0/s1. The van der Waals surface area contributed by atoms with Crippen molar-refractivity contribution in [2.24, 2.45) is 11.7 Å². The Kier molecular flexibility index (Phi) is 6.19. The highest BCUT2D eigenvalue weighted by Crippen LogP contribution is 2.39. The molecule has 0 radical (unpaired) electrons. The minimum Gasteiger partial charge on any atom is -0.490 e. The molecule has 9 heteroatoms. The van der Waals surface area contributed by atoms with Crippen LogP contribution in [0, 0.1) is 23.4 Å². The molecule has 1 fully saturated rings. The second-order valence-corrected chi connectivity index (χ2v) is 9.35. The van der Waals surface area contributed by atoms with Gasteiger partial charge in [0.25, 0.3) is 5.91 Å². The number of benzene rings is 1. The zero-order valence-electron chi connectivity index (χ0n) is 19.2. The number of hydrogen-bond acceptors (Lipinski definition) is 5. The Balaban J connectivity index is 1.46. The molecule has 1 aromatic carbocycles. The maximum Gasteiger partial charge on any atom is 0.274 e. The Morgan fingerprint density at radius 3 is 2.77 bits per heavy atom. The van der Waals surface area contributed by atoms with Gasteiger partial charge in [0, 0.05) is 24.2 Å². The summed E-state index contributed by atoms with van der Waals surface area (Å²) in [7, 11) is 0. The summed E-state index contributed by atoms with van der Waals surface area (Å²) in [5.74, 6) is -3.11. The molecule has 1 amide bonds. The second-order valence-electron chi connectivity index (χ2n) is 9.35. The number of fused-ring (bicyclic) bond motifs is 1. The van der Waals surface area contributed by atoms with Crippen molar-refractivity contribution in [3.8, 4) is 17.0 Å². The van der Waals surface area contributed by atoms with E-state index in [0.29, 0.717) is 23.6 Å². The fourth-order valence-electron chi connectivity index (χ4n) is 5.18. The summed E-state index contributed by atoms with van der Waals surface area (Å²) >= 11 is 0. The molecule has 1 saturated carbocycles. The fraction of sp³-hybridized carbons (Fsp3) is 0.346. The number of amides is 1. The maximum absolute atomic E-state index is 15.0. The van der Waals surface area contributed by atoms with Gasteiger partial charge in [-0.1, -0.05) is 6.92 Å². The molecule has 5 rings (SSSR count).